The molecule has 0 unspecified atom stereocenters. The van der Waals surface area contributed by atoms with Crippen molar-refractivity contribution in [1.82, 2.24) is 10.6 Å². The standard InChI is InChI=1S/C15H32N2O/c1-13(2,3)16-11-15(18)9-7-12(8-10-15)17-14(4,5)6/h12,16-18H,7-11H2,1-6H3. The van der Waals surface area contributed by atoms with Crippen LogP contribution in [-0.4, -0.2) is 34.4 Å². The van der Waals surface area contributed by atoms with Crippen molar-refractivity contribution >= 4 is 0 Å². The molecule has 0 aliphatic heterocycles. The maximum Gasteiger partial charge on any atom is 0.0772 e. The highest BCUT2D eigenvalue weighted by atomic mass is 16.3. The minimum atomic E-state index is -0.511. The van der Waals surface area contributed by atoms with Crippen molar-refractivity contribution in [2.75, 3.05) is 6.54 Å². The van der Waals surface area contributed by atoms with Gasteiger partial charge in [0.05, 0.1) is 5.60 Å². The van der Waals surface area contributed by atoms with Crippen LogP contribution in [-0.2, 0) is 0 Å². The predicted molar refractivity (Wildman–Crippen MR) is 77.9 cm³/mol. The van der Waals surface area contributed by atoms with Crippen molar-refractivity contribution in [1.29, 1.82) is 0 Å². The zero-order valence-corrected chi connectivity index (χ0v) is 13.1. The number of aliphatic hydroxyl groups is 1. The Morgan fingerprint density at radius 3 is 1.89 bits per heavy atom. The van der Waals surface area contributed by atoms with Gasteiger partial charge in [-0.1, -0.05) is 0 Å². The highest BCUT2D eigenvalue weighted by molar-refractivity contribution is 4.92. The quantitative estimate of drug-likeness (QED) is 0.727. The molecule has 1 fully saturated rings. The Labute approximate surface area is 113 Å². The molecule has 1 aliphatic rings. The molecule has 0 amide bonds. The summed E-state index contributed by atoms with van der Waals surface area (Å²) in [6.45, 7) is 13.7. The van der Waals surface area contributed by atoms with Gasteiger partial charge in [-0.3, -0.25) is 0 Å². The molecule has 0 heterocycles. The van der Waals surface area contributed by atoms with E-state index in [0.29, 0.717) is 12.6 Å². The van der Waals surface area contributed by atoms with Crippen molar-refractivity contribution < 1.29 is 5.11 Å². The zero-order chi connectivity index (χ0) is 14.0. The lowest BCUT2D eigenvalue weighted by Gasteiger charge is -2.40. The van der Waals surface area contributed by atoms with Crippen LogP contribution >= 0.6 is 0 Å². The molecule has 0 radical (unpaired) electrons. The molecule has 0 aromatic heterocycles. The fraction of sp³-hybridized carbons (Fsp3) is 1.00. The largest absolute Gasteiger partial charge is 0.389 e. The average Bonchev–Trinajstić information content (AvgIpc) is 2.17. The van der Waals surface area contributed by atoms with Crippen molar-refractivity contribution in [3.05, 3.63) is 0 Å². The Morgan fingerprint density at radius 1 is 1.00 bits per heavy atom. The van der Waals surface area contributed by atoms with Crippen molar-refractivity contribution in [3.63, 3.8) is 0 Å². The van der Waals surface area contributed by atoms with Gasteiger partial charge in [0.2, 0.25) is 0 Å². The van der Waals surface area contributed by atoms with Crippen molar-refractivity contribution in [2.45, 2.75) is 89.9 Å². The van der Waals surface area contributed by atoms with Gasteiger partial charge in [0.1, 0.15) is 0 Å². The summed E-state index contributed by atoms with van der Waals surface area (Å²) in [5.41, 5.74) is -0.261. The second-order valence-electron chi connectivity index (χ2n) is 8.00. The normalized spacial score (nSPS) is 30.5. The Hall–Kier alpha value is -0.120. The van der Waals surface area contributed by atoms with E-state index >= 15 is 0 Å². The minimum absolute atomic E-state index is 0.0796. The summed E-state index contributed by atoms with van der Waals surface area (Å²) in [5, 5.41) is 17.6. The predicted octanol–water partition coefficient (Wildman–Crippen LogP) is 2.44. The minimum Gasteiger partial charge on any atom is -0.389 e. The van der Waals surface area contributed by atoms with E-state index in [0.717, 1.165) is 25.7 Å². The molecule has 0 aromatic carbocycles. The van der Waals surface area contributed by atoms with Gasteiger partial charge >= 0.3 is 0 Å². The molecule has 3 nitrogen and oxygen atoms in total. The summed E-state index contributed by atoms with van der Waals surface area (Å²) in [5.74, 6) is 0. The topological polar surface area (TPSA) is 44.3 Å². The lowest BCUT2D eigenvalue weighted by molar-refractivity contribution is -0.00916. The summed E-state index contributed by atoms with van der Waals surface area (Å²) in [7, 11) is 0. The van der Waals surface area contributed by atoms with E-state index in [4.69, 9.17) is 0 Å². The fourth-order valence-corrected chi connectivity index (χ4v) is 2.52. The Bertz CT molecular complexity index is 255. The monoisotopic (exact) mass is 256 g/mol. The van der Waals surface area contributed by atoms with Gasteiger partial charge in [-0.05, 0) is 67.2 Å². The van der Waals surface area contributed by atoms with E-state index < -0.39 is 5.60 Å². The molecular weight excluding hydrogens is 224 g/mol. The summed E-state index contributed by atoms with van der Waals surface area (Å²) in [4.78, 5) is 0. The molecule has 1 saturated carbocycles. The van der Waals surface area contributed by atoms with E-state index in [1.165, 1.54) is 0 Å². The highest BCUT2D eigenvalue weighted by Crippen LogP contribution is 2.29. The first kappa shape index (κ1) is 15.9. The molecule has 1 rings (SSSR count). The third kappa shape index (κ3) is 6.17. The van der Waals surface area contributed by atoms with Gasteiger partial charge in [-0.2, -0.15) is 0 Å². The Morgan fingerprint density at radius 2 is 1.50 bits per heavy atom. The zero-order valence-electron chi connectivity index (χ0n) is 13.1. The maximum atomic E-state index is 10.6. The van der Waals surface area contributed by atoms with Crippen LogP contribution in [0.4, 0.5) is 0 Å². The lowest BCUT2D eigenvalue weighted by Crippen LogP contribution is -2.53. The van der Waals surface area contributed by atoms with Crippen LogP contribution in [0.1, 0.15) is 67.2 Å². The number of β-amino-alcohol motifs (C(OH)–C–C–N with tert-alkyl or cyclic N) is 1. The van der Waals surface area contributed by atoms with E-state index in [2.05, 4.69) is 52.2 Å². The van der Waals surface area contributed by atoms with Crippen LogP contribution in [0.25, 0.3) is 0 Å². The number of rotatable bonds is 3. The van der Waals surface area contributed by atoms with Crippen LogP contribution in [0.5, 0.6) is 0 Å². The van der Waals surface area contributed by atoms with Crippen LogP contribution in [0.15, 0.2) is 0 Å². The molecule has 0 atom stereocenters. The molecule has 1 aliphatic carbocycles. The van der Waals surface area contributed by atoms with Crippen LogP contribution < -0.4 is 10.6 Å². The summed E-state index contributed by atoms with van der Waals surface area (Å²) in [6, 6.07) is 0.555. The number of hydrogen-bond donors (Lipinski definition) is 3. The second-order valence-corrected chi connectivity index (χ2v) is 8.00. The van der Waals surface area contributed by atoms with E-state index in [-0.39, 0.29) is 11.1 Å². The van der Waals surface area contributed by atoms with Gasteiger partial charge in [0, 0.05) is 23.7 Å². The first-order chi connectivity index (χ1) is 7.99. The molecule has 0 aromatic rings. The summed E-state index contributed by atoms with van der Waals surface area (Å²) < 4.78 is 0. The molecule has 108 valence electrons. The lowest BCUT2D eigenvalue weighted by atomic mass is 9.81. The molecule has 0 saturated heterocycles. The van der Waals surface area contributed by atoms with Gasteiger partial charge < -0.3 is 15.7 Å². The van der Waals surface area contributed by atoms with Crippen molar-refractivity contribution in [3.8, 4) is 0 Å². The second kappa shape index (κ2) is 5.48. The van der Waals surface area contributed by atoms with E-state index in [1.54, 1.807) is 0 Å². The van der Waals surface area contributed by atoms with Gasteiger partial charge in [0.25, 0.3) is 0 Å². The fourth-order valence-electron chi connectivity index (χ4n) is 2.52. The highest BCUT2D eigenvalue weighted by Gasteiger charge is 2.34. The average molecular weight is 256 g/mol. The SMILES string of the molecule is CC(C)(C)NCC1(O)CCC(NC(C)(C)C)CC1. The first-order valence-corrected chi connectivity index (χ1v) is 7.24. The summed E-state index contributed by atoms with van der Waals surface area (Å²) >= 11 is 0. The van der Waals surface area contributed by atoms with Gasteiger partial charge in [0.15, 0.2) is 0 Å². The van der Waals surface area contributed by atoms with Gasteiger partial charge in [-0.15, -0.1) is 0 Å². The molecule has 0 bridgehead atoms. The third-order valence-corrected chi connectivity index (χ3v) is 3.50. The van der Waals surface area contributed by atoms with Crippen LogP contribution in [0, 0.1) is 0 Å². The van der Waals surface area contributed by atoms with E-state index in [1.807, 2.05) is 0 Å². The summed E-state index contributed by atoms with van der Waals surface area (Å²) in [6.07, 6.45) is 3.92. The molecule has 18 heavy (non-hydrogen) atoms. The van der Waals surface area contributed by atoms with Crippen LogP contribution in [0.2, 0.25) is 0 Å². The van der Waals surface area contributed by atoms with Crippen molar-refractivity contribution in [2.24, 2.45) is 0 Å². The smallest absolute Gasteiger partial charge is 0.0772 e. The molecule has 0 spiro atoms. The number of nitrogens with one attached hydrogen (secondary N) is 2. The third-order valence-electron chi connectivity index (χ3n) is 3.50. The Balaban J connectivity index is 2.38. The number of hydrogen-bond acceptors (Lipinski definition) is 3. The molecule has 3 heteroatoms. The van der Waals surface area contributed by atoms with E-state index in [9.17, 15) is 5.11 Å². The molecular formula is C15H32N2O. The molecule has 3 N–H and O–H groups in total. The van der Waals surface area contributed by atoms with Crippen LogP contribution in [0.3, 0.4) is 0 Å². The maximum absolute atomic E-state index is 10.6. The first-order valence-electron chi connectivity index (χ1n) is 7.24. The van der Waals surface area contributed by atoms with Gasteiger partial charge in [-0.25, -0.2) is 0 Å². The Kier molecular flexibility index (Phi) is 4.85.